The van der Waals surface area contributed by atoms with Crippen molar-refractivity contribution in [2.45, 2.75) is 70.2 Å². The number of aliphatic hydroxyl groups excluding tert-OH is 1. The van der Waals surface area contributed by atoms with Crippen LogP contribution in [0.15, 0.2) is 54.6 Å². The maximum atomic E-state index is 13.6. The van der Waals surface area contributed by atoms with Gasteiger partial charge in [-0.15, -0.1) is 0 Å². The Hall–Kier alpha value is -2.74. The molecular formula is C29H39N3O4. The molecule has 7 heteroatoms. The number of fused-ring (bicyclic) bond motifs is 2. The van der Waals surface area contributed by atoms with Crippen molar-refractivity contribution in [2.75, 3.05) is 19.7 Å². The van der Waals surface area contributed by atoms with Gasteiger partial charge in [0.2, 0.25) is 11.8 Å². The van der Waals surface area contributed by atoms with E-state index in [-0.39, 0.29) is 23.3 Å². The number of carbonyl (C=O) groups is 2. The minimum absolute atomic E-state index is 0.0598. The molecule has 1 heterocycles. The van der Waals surface area contributed by atoms with E-state index in [1.807, 2.05) is 53.4 Å². The van der Waals surface area contributed by atoms with Gasteiger partial charge in [-0.25, -0.2) is 0 Å². The predicted molar refractivity (Wildman–Crippen MR) is 139 cm³/mol. The van der Waals surface area contributed by atoms with E-state index in [0.29, 0.717) is 19.7 Å². The number of ether oxygens (including phenoxy) is 1. The summed E-state index contributed by atoms with van der Waals surface area (Å²) in [5.41, 5.74) is 7.50. The van der Waals surface area contributed by atoms with E-state index in [4.69, 9.17) is 10.5 Å². The molecule has 4 rings (SSSR count). The third-order valence-corrected chi connectivity index (χ3v) is 8.20. The van der Waals surface area contributed by atoms with Crippen molar-refractivity contribution in [3.63, 3.8) is 0 Å². The van der Waals surface area contributed by atoms with Gasteiger partial charge in [-0.3, -0.25) is 9.59 Å². The third-order valence-electron chi connectivity index (χ3n) is 8.20. The molecule has 4 N–H and O–H groups in total. The van der Waals surface area contributed by atoms with Crippen molar-refractivity contribution >= 4 is 11.8 Å². The van der Waals surface area contributed by atoms with Crippen molar-refractivity contribution in [3.8, 4) is 0 Å². The predicted octanol–water partition coefficient (Wildman–Crippen LogP) is 3.06. The summed E-state index contributed by atoms with van der Waals surface area (Å²) in [4.78, 5) is 28.1. The van der Waals surface area contributed by atoms with E-state index in [2.05, 4.69) is 25.2 Å². The molecule has 2 aromatic rings. The number of benzene rings is 2. The van der Waals surface area contributed by atoms with E-state index in [9.17, 15) is 14.7 Å². The molecule has 36 heavy (non-hydrogen) atoms. The molecule has 7 nitrogen and oxygen atoms in total. The van der Waals surface area contributed by atoms with E-state index >= 15 is 0 Å². The largest absolute Gasteiger partial charge is 0.388 e. The average molecular weight is 494 g/mol. The van der Waals surface area contributed by atoms with Crippen molar-refractivity contribution in [1.29, 1.82) is 0 Å². The number of rotatable bonds is 7. The Morgan fingerprint density at radius 3 is 2.36 bits per heavy atom. The Balaban J connectivity index is 1.47. The van der Waals surface area contributed by atoms with Crippen LogP contribution in [0.2, 0.25) is 0 Å². The zero-order valence-corrected chi connectivity index (χ0v) is 21.8. The molecule has 2 aliphatic rings. The summed E-state index contributed by atoms with van der Waals surface area (Å²) < 4.78 is 5.86. The Morgan fingerprint density at radius 2 is 1.72 bits per heavy atom. The summed E-state index contributed by atoms with van der Waals surface area (Å²) in [6.45, 7) is 8.97. The zero-order chi connectivity index (χ0) is 26.1. The molecule has 2 amide bonds. The molecule has 1 fully saturated rings. The second kappa shape index (κ2) is 9.96. The molecular weight excluding hydrogens is 454 g/mol. The van der Waals surface area contributed by atoms with Gasteiger partial charge in [0.25, 0.3) is 0 Å². The van der Waals surface area contributed by atoms with Gasteiger partial charge in [-0.05, 0) is 43.4 Å². The van der Waals surface area contributed by atoms with Crippen LogP contribution in [0.25, 0.3) is 0 Å². The summed E-state index contributed by atoms with van der Waals surface area (Å²) in [5.74, 6) is -0.563. The molecule has 2 aromatic carbocycles. The van der Waals surface area contributed by atoms with E-state index in [1.165, 1.54) is 5.56 Å². The fourth-order valence-electron chi connectivity index (χ4n) is 5.80. The first kappa shape index (κ1) is 26.3. The van der Waals surface area contributed by atoms with Crippen LogP contribution in [-0.4, -0.2) is 53.1 Å². The van der Waals surface area contributed by atoms with Crippen LogP contribution in [0.3, 0.4) is 0 Å². The molecule has 0 bridgehead atoms. The number of carbonyl (C=O) groups excluding carboxylic acids is 2. The first-order valence-corrected chi connectivity index (χ1v) is 12.8. The van der Waals surface area contributed by atoms with Gasteiger partial charge in [-0.2, -0.15) is 0 Å². The average Bonchev–Trinajstić information content (AvgIpc) is 3.02. The molecule has 0 radical (unpaired) electrons. The lowest BCUT2D eigenvalue weighted by atomic mass is 9.60. The molecule has 1 aliphatic heterocycles. The van der Waals surface area contributed by atoms with Gasteiger partial charge in [0.15, 0.2) is 0 Å². The fourth-order valence-corrected chi connectivity index (χ4v) is 5.80. The first-order valence-electron chi connectivity index (χ1n) is 12.8. The maximum absolute atomic E-state index is 13.6. The van der Waals surface area contributed by atoms with Crippen LogP contribution in [0.4, 0.5) is 0 Å². The second-order valence-electron chi connectivity index (χ2n) is 11.4. The Bertz CT molecular complexity index is 1090. The van der Waals surface area contributed by atoms with E-state index in [1.54, 1.807) is 13.8 Å². The van der Waals surface area contributed by atoms with Crippen LogP contribution in [-0.2, 0) is 26.3 Å². The topological polar surface area (TPSA) is 105 Å². The first-order chi connectivity index (χ1) is 17.0. The molecule has 1 aliphatic carbocycles. The van der Waals surface area contributed by atoms with Crippen molar-refractivity contribution in [2.24, 2.45) is 11.1 Å². The lowest BCUT2D eigenvalue weighted by Crippen LogP contribution is -2.59. The smallest absolute Gasteiger partial charge is 0.247 e. The molecule has 2 atom stereocenters. The molecule has 194 valence electrons. The van der Waals surface area contributed by atoms with Gasteiger partial charge in [0.1, 0.15) is 6.04 Å². The van der Waals surface area contributed by atoms with Crippen LogP contribution in [0.5, 0.6) is 0 Å². The number of amides is 2. The lowest BCUT2D eigenvalue weighted by Gasteiger charge is -2.49. The highest BCUT2D eigenvalue weighted by Crippen LogP contribution is 2.61. The van der Waals surface area contributed by atoms with Gasteiger partial charge in [0, 0.05) is 23.9 Å². The highest BCUT2D eigenvalue weighted by atomic mass is 16.5. The van der Waals surface area contributed by atoms with Gasteiger partial charge >= 0.3 is 0 Å². The minimum Gasteiger partial charge on any atom is -0.388 e. The number of hydrogen-bond acceptors (Lipinski definition) is 5. The Morgan fingerprint density at radius 1 is 1.11 bits per heavy atom. The summed E-state index contributed by atoms with van der Waals surface area (Å²) in [6.07, 6.45) is 0.947. The number of nitrogens with zero attached hydrogens (tertiary/aromatic N) is 1. The number of piperidine rings is 1. The maximum Gasteiger partial charge on any atom is 0.247 e. The number of nitrogens with one attached hydrogen (secondary N) is 1. The van der Waals surface area contributed by atoms with E-state index < -0.39 is 23.6 Å². The van der Waals surface area contributed by atoms with E-state index in [0.717, 1.165) is 24.0 Å². The Kier molecular flexibility index (Phi) is 7.28. The summed E-state index contributed by atoms with van der Waals surface area (Å²) in [6, 6.07) is 17.0. The molecule has 0 unspecified atom stereocenters. The SMILES string of the molecule is CC(C)(N)C(=O)N[C@H](COCc1ccccc1)C(=O)N1CCC2(CC1)c1ccccc1[C@@H](O)C2(C)C. The molecule has 1 saturated heterocycles. The van der Waals surface area contributed by atoms with Crippen LogP contribution in [0.1, 0.15) is 63.3 Å². The highest BCUT2D eigenvalue weighted by molar-refractivity contribution is 5.91. The van der Waals surface area contributed by atoms with Crippen LogP contribution in [0, 0.1) is 5.41 Å². The number of nitrogens with two attached hydrogens (primary N) is 1. The molecule has 0 saturated carbocycles. The monoisotopic (exact) mass is 493 g/mol. The van der Waals surface area contributed by atoms with Crippen LogP contribution >= 0.6 is 0 Å². The van der Waals surface area contributed by atoms with Crippen molar-refractivity contribution < 1.29 is 19.4 Å². The fraction of sp³-hybridized carbons (Fsp3) is 0.517. The molecule has 0 aromatic heterocycles. The Labute approximate surface area is 214 Å². The number of aliphatic hydroxyl groups is 1. The summed E-state index contributed by atoms with van der Waals surface area (Å²) in [7, 11) is 0. The summed E-state index contributed by atoms with van der Waals surface area (Å²) in [5, 5.41) is 13.9. The number of hydrogen-bond donors (Lipinski definition) is 3. The van der Waals surface area contributed by atoms with Gasteiger partial charge < -0.3 is 25.8 Å². The molecule has 1 spiro atoms. The minimum atomic E-state index is -1.11. The second-order valence-corrected chi connectivity index (χ2v) is 11.4. The lowest BCUT2D eigenvalue weighted by molar-refractivity contribution is -0.141. The normalized spacial score (nSPS) is 21.2. The third kappa shape index (κ3) is 4.80. The number of likely N-dealkylation sites (tertiary alicyclic amines) is 1. The van der Waals surface area contributed by atoms with Gasteiger partial charge in [0.05, 0.1) is 24.9 Å². The standard InChI is InChI=1S/C29H39N3O4/c1-27(2)24(33)21-12-8-9-13-22(21)29(27)14-16-32(17-15-29)25(34)23(31-26(35)28(3,4)30)19-36-18-20-10-6-5-7-11-20/h5-13,23-24,33H,14-19,30H2,1-4H3,(H,31,35)/t23-,24-/m1/s1. The highest BCUT2D eigenvalue weighted by Gasteiger charge is 2.58. The summed E-state index contributed by atoms with van der Waals surface area (Å²) >= 11 is 0. The van der Waals surface area contributed by atoms with Crippen molar-refractivity contribution in [3.05, 3.63) is 71.3 Å². The van der Waals surface area contributed by atoms with Crippen LogP contribution < -0.4 is 11.1 Å². The van der Waals surface area contributed by atoms with Crippen molar-refractivity contribution in [1.82, 2.24) is 10.2 Å². The quantitative estimate of drug-likeness (QED) is 0.550. The van der Waals surface area contributed by atoms with Gasteiger partial charge in [-0.1, -0.05) is 68.4 Å². The zero-order valence-electron chi connectivity index (χ0n) is 21.8.